The lowest BCUT2D eigenvalue weighted by atomic mass is 9.95. The number of carbonyl (C=O) groups is 2. The lowest BCUT2D eigenvalue weighted by Crippen LogP contribution is -2.43. The molecule has 0 bridgehead atoms. The van der Waals surface area contributed by atoms with Crippen LogP contribution in [-0.2, 0) is 4.79 Å². The van der Waals surface area contributed by atoms with Crippen LogP contribution in [0.2, 0.25) is 10.0 Å². The first-order valence-corrected chi connectivity index (χ1v) is 9.31. The molecule has 1 saturated heterocycles. The van der Waals surface area contributed by atoms with Crippen LogP contribution in [0.25, 0.3) is 0 Å². The van der Waals surface area contributed by atoms with Gasteiger partial charge in [-0.25, -0.2) is 0 Å². The summed E-state index contributed by atoms with van der Waals surface area (Å²) in [6, 6.07) is 4.88. The molecule has 1 fully saturated rings. The third-order valence-electron chi connectivity index (χ3n) is 4.40. The van der Waals surface area contributed by atoms with Crippen LogP contribution in [-0.4, -0.2) is 61.9 Å². The third kappa shape index (κ3) is 5.87. The molecule has 7 heteroatoms. The van der Waals surface area contributed by atoms with E-state index in [9.17, 15) is 9.59 Å². The van der Waals surface area contributed by atoms with Gasteiger partial charge in [0, 0.05) is 30.6 Å². The summed E-state index contributed by atoms with van der Waals surface area (Å²) in [5.41, 5.74) is 0.456. The summed E-state index contributed by atoms with van der Waals surface area (Å²) < 4.78 is 0. The van der Waals surface area contributed by atoms with Gasteiger partial charge >= 0.3 is 0 Å². The minimum absolute atomic E-state index is 0.0240. The van der Waals surface area contributed by atoms with Gasteiger partial charge in [0.2, 0.25) is 5.91 Å². The van der Waals surface area contributed by atoms with E-state index in [-0.39, 0.29) is 17.7 Å². The second-order valence-electron chi connectivity index (χ2n) is 6.64. The van der Waals surface area contributed by atoms with E-state index in [1.807, 2.05) is 14.1 Å². The van der Waals surface area contributed by atoms with Crippen molar-refractivity contribution in [2.75, 3.05) is 40.3 Å². The minimum Gasteiger partial charge on any atom is -0.356 e. The summed E-state index contributed by atoms with van der Waals surface area (Å²) in [5, 5.41) is 3.86. The fourth-order valence-corrected chi connectivity index (χ4v) is 3.42. The Morgan fingerprint density at radius 2 is 1.92 bits per heavy atom. The molecule has 0 radical (unpaired) electrons. The molecule has 0 spiro atoms. The van der Waals surface area contributed by atoms with Gasteiger partial charge in [-0.15, -0.1) is 0 Å². The molecule has 1 aliphatic heterocycles. The van der Waals surface area contributed by atoms with Crippen LogP contribution in [0.3, 0.4) is 0 Å². The van der Waals surface area contributed by atoms with Gasteiger partial charge in [-0.05, 0) is 58.1 Å². The highest BCUT2D eigenvalue weighted by Gasteiger charge is 2.28. The van der Waals surface area contributed by atoms with Crippen molar-refractivity contribution < 1.29 is 9.59 Å². The number of rotatable bonds is 6. The molecule has 1 aliphatic rings. The van der Waals surface area contributed by atoms with E-state index in [1.165, 1.54) is 0 Å². The number of hydrogen-bond donors (Lipinski definition) is 1. The van der Waals surface area contributed by atoms with Crippen LogP contribution in [0, 0.1) is 5.92 Å². The van der Waals surface area contributed by atoms with E-state index >= 15 is 0 Å². The number of likely N-dealkylation sites (tertiary alicyclic amines) is 1. The Balaban J connectivity index is 1.80. The molecular weight excluding hydrogens is 361 g/mol. The predicted octanol–water partition coefficient (Wildman–Crippen LogP) is 2.91. The molecule has 1 aromatic rings. The average molecular weight is 386 g/mol. The van der Waals surface area contributed by atoms with Crippen molar-refractivity contribution in [1.82, 2.24) is 15.1 Å². The number of nitrogens with one attached hydrogen (secondary N) is 1. The van der Waals surface area contributed by atoms with Gasteiger partial charge in [0.15, 0.2) is 0 Å². The second kappa shape index (κ2) is 9.41. The molecule has 1 aromatic carbocycles. The Kier molecular flexibility index (Phi) is 7.54. The number of benzene rings is 1. The van der Waals surface area contributed by atoms with E-state index in [2.05, 4.69) is 10.2 Å². The Bertz CT molecular complexity index is 614. The van der Waals surface area contributed by atoms with Crippen LogP contribution in [0.5, 0.6) is 0 Å². The van der Waals surface area contributed by atoms with Gasteiger partial charge < -0.3 is 15.1 Å². The Hall–Kier alpha value is -1.30. The van der Waals surface area contributed by atoms with Crippen molar-refractivity contribution >= 4 is 35.0 Å². The fraction of sp³-hybridized carbons (Fsp3) is 0.556. The second-order valence-corrected chi connectivity index (χ2v) is 7.48. The monoisotopic (exact) mass is 385 g/mol. The molecule has 2 rings (SSSR count). The largest absolute Gasteiger partial charge is 0.356 e. The van der Waals surface area contributed by atoms with Crippen LogP contribution < -0.4 is 5.32 Å². The normalized spacial score (nSPS) is 15.5. The molecule has 0 unspecified atom stereocenters. The van der Waals surface area contributed by atoms with E-state index in [0.29, 0.717) is 48.1 Å². The van der Waals surface area contributed by atoms with Gasteiger partial charge in [-0.3, -0.25) is 9.59 Å². The van der Waals surface area contributed by atoms with Gasteiger partial charge in [0.25, 0.3) is 5.91 Å². The number of carbonyl (C=O) groups excluding carboxylic acids is 2. The first kappa shape index (κ1) is 20.0. The summed E-state index contributed by atoms with van der Waals surface area (Å²) in [6.45, 7) is 2.77. The molecule has 0 saturated carbocycles. The van der Waals surface area contributed by atoms with Gasteiger partial charge in [-0.2, -0.15) is 0 Å². The van der Waals surface area contributed by atoms with Crippen molar-refractivity contribution in [3.63, 3.8) is 0 Å². The molecule has 1 N–H and O–H groups in total. The smallest absolute Gasteiger partial charge is 0.255 e. The molecule has 0 aromatic heterocycles. The average Bonchev–Trinajstić information content (AvgIpc) is 2.58. The van der Waals surface area contributed by atoms with Gasteiger partial charge in [0.05, 0.1) is 10.6 Å². The van der Waals surface area contributed by atoms with Crippen molar-refractivity contribution in [3.8, 4) is 0 Å². The van der Waals surface area contributed by atoms with E-state index in [1.54, 1.807) is 23.1 Å². The zero-order valence-corrected chi connectivity index (χ0v) is 16.2. The SMILES string of the molecule is CN(C)CCCNC(=O)C1CCN(C(=O)c2ccc(Cl)cc2Cl)CC1. The quantitative estimate of drug-likeness (QED) is 0.765. The number of hydrogen-bond acceptors (Lipinski definition) is 3. The molecule has 1 heterocycles. The summed E-state index contributed by atoms with van der Waals surface area (Å²) >= 11 is 12.0. The first-order chi connectivity index (χ1) is 11.9. The zero-order chi connectivity index (χ0) is 18.4. The van der Waals surface area contributed by atoms with E-state index in [0.717, 1.165) is 13.0 Å². The molecule has 0 atom stereocenters. The number of piperidine rings is 1. The summed E-state index contributed by atoms with van der Waals surface area (Å²) in [7, 11) is 4.03. The first-order valence-electron chi connectivity index (χ1n) is 8.55. The van der Waals surface area contributed by atoms with Crippen molar-refractivity contribution in [3.05, 3.63) is 33.8 Å². The van der Waals surface area contributed by atoms with Crippen LogP contribution in [0.1, 0.15) is 29.6 Å². The van der Waals surface area contributed by atoms with Gasteiger partial charge in [-0.1, -0.05) is 23.2 Å². The zero-order valence-electron chi connectivity index (χ0n) is 14.7. The highest BCUT2D eigenvalue weighted by Crippen LogP contribution is 2.25. The fourth-order valence-electron chi connectivity index (χ4n) is 2.93. The summed E-state index contributed by atoms with van der Waals surface area (Å²) in [5.74, 6) is -0.0361. The Labute approximate surface area is 159 Å². The van der Waals surface area contributed by atoms with Crippen LogP contribution >= 0.6 is 23.2 Å². The van der Waals surface area contributed by atoms with Crippen LogP contribution in [0.4, 0.5) is 0 Å². The lowest BCUT2D eigenvalue weighted by Gasteiger charge is -2.31. The van der Waals surface area contributed by atoms with Crippen molar-refractivity contribution in [2.45, 2.75) is 19.3 Å². The molecule has 5 nitrogen and oxygen atoms in total. The lowest BCUT2D eigenvalue weighted by molar-refractivity contribution is -0.126. The highest BCUT2D eigenvalue weighted by atomic mass is 35.5. The van der Waals surface area contributed by atoms with Gasteiger partial charge in [0.1, 0.15) is 0 Å². The number of halogens is 2. The molecule has 2 amide bonds. The Morgan fingerprint density at radius 3 is 2.52 bits per heavy atom. The standard InChI is InChI=1S/C18H25Cl2N3O2/c1-22(2)9-3-8-21-17(24)13-6-10-23(11-7-13)18(25)15-5-4-14(19)12-16(15)20/h4-5,12-13H,3,6-11H2,1-2H3,(H,21,24). The maximum atomic E-state index is 12.6. The number of amides is 2. The maximum Gasteiger partial charge on any atom is 0.255 e. The van der Waals surface area contributed by atoms with Crippen LogP contribution in [0.15, 0.2) is 18.2 Å². The van der Waals surface area contributed by atoms with Crippen molar-refractivity contribution in [1.29, 1.82) is 0 Å². The highest BCUT2D eigenvalue weighted by molar-refractivity contribution is 6.36. The van der Waals surface area contributed by atoms with E-state index < -0.39 is 0 Å². The summed E-state index contributed by atoms with van der Waals surface area (Å²) in [6.07, 6.45) is 2.29. The molecular formula is C18H25Cl2N3O2. The van der Waals surface area contributed by atoms with Crippen molar-refractivity contribution in [2.24, 2.45) is 5.92 Å². The maximum absolute atomic E-state index is 12.6. The molecule has 0 aliphatic carbocycles. The summed E-state index contributed by atoms with van der Waals surface area (Å²) in [4.78, 5) is 28.6. The topological polar surface area (TPSA) is 52.7 Å². The molecule has 138 valence electrons. The molecule has 25 heavy (non-hydrogen) atoms. The minimum atomic E-state index is -0.105. The Morgan fingerprint density at radius 1 is 1.24 bits per heavy atom. The predicted molar refractivity (Wildman–Crippen MR) is 101 cm³/mol. The van der Waals surface area contributed by atoms with E-state index in [4.69, 9.17) is 23.2 Å². The third-order valence-corrected chi connectivity index (χ3v) is 4.94. The number of nitrogens with zero attached hydrogens (tertiary/aromatic N) is 2.